The van der Waals surface area contributed by atoms with Gasteiger partial charge in [0.05, 0.1) is 37.4 Å². The van der Waals surface area contributed by atoms with Crippen molar-refractivity contribution < 1.29 is 29.0 Å². The summed E-state index contributed by atoms with van der Waals surface area (Å²) >= 11 is 1.38. The summed E-state index contributed by atoms with van der Waals surface area (Å²) in [4.78, 5) is 55.6. The zero-order chi connectivity index (χ0) is 30.3. The Morgan fingerprint density at radius 3 is 2.49 bits per heavy atom. The lowest BCUT2D eigenvalue weighted by Crippen LogP contribution is -2.36. The lowest BCUT2D eigenvalue weighted by molar-refractivity contribution is -0.137. The van der Waals surface area contributed by atoms with Gasteiger partial charge in [-0.3, -0.25) is 19.2 Å². The first-order valence-electron chi connectivity index (χ1n) is 14.5. The van der Waals surface area contributed by atoms with Crippen molar-refractivity contribution in [3.8, 4) is 5.75 Å². The molecule has 226 valence electrons. The van der Waals surface area contributed by atoms with E-state index in [1.807, 2.05) is 34.5 Å². The summed E-state index contributed by atoms with van der Waals surface area (Å²) in [5.41, 5.74) is 2.36. The van der Waals surface area contributed by atoms with Crippen molar-refractivity contribution in [1.29, 1.82) is 0 Å². The van der Waals surface area contributed by atoms with Gasteiger partial charge in [0.1, 0.15) is 5.75 Å². The molecule has 3 amide bonds. The molecule has 2 fully saturated rings. The number of benzene rings is 2. The van der Waals surface area contributed by atoms with Gasteiger partial charge >= 0.3 is 5.97 Å². The third-order valence-electron chi connectivity index (χ3n) is 7.70. The number of aliphatic carboxylic acids is 1. The zero-order valence-electron chi connectivity index (χ0n) is 24.1. The molecule has 2 aliphatic rings. The van der Waals surface area contributed by atoms with Gasteiger partial charge in [-0.05, 0) is 66.6 Å². The number of carbonyl (C=O) groups excluding carboxylic acids is 3. The molecule has 1 saturated carbocycles. The van der Waals surface area contributed by atoms with Crippen LogP contribution in [0.3, 0.4) is 0 Å². The van der Waals surface area contributed by atoms with Gasteiger partial charge in [-0.2, -0.15) is 0 Å². The Kier molecular flexibility index (Phi) is 9.61. The minimum absolute atomic E-state index is 0.128. The van der Waals surface area contributed by atoms with E-state index in [0.29, 0.717) is 43.2 Å². The Morgan fingerprint density at radius 1 is 1.02 bits per heavy atom. The highest BCUT2D eigenvalue weighted by Gasteiger charge is 2.34. The summed E-state index contributed by atoms with van der Waals surface area (Å²) in [7, 11) is 1.58. The lowest BCUT2D eigenvalue weighted by atomic mass is 10.1. The van der Waals surface area contributed by atoms with Crippen molar-refractivity contribution in [2.45, 2.75) is 38.1 Å². The molecule has 3 aromatic rings. The maximum Gasteiger partial charge on any atom is 0.305 e. The number of carbonyl (C=O) groups is 4. The first kappa shape index (κ1) is 30.1. The average molecular weight is 605 g/mol. The number of ether oxygens (including phenoxy) is 1. The Labute approximate surface area is 254 Å². The van der Waals surface area contributed by atoms with E-state index in [1.54, 1.807) is 37.4 Å². The smallest absolute Gasteiger partial charge is 0.305 e. The summed E-state index contributed by atoms with van der Waals surface area (Å²) in [5.74, 6) is -0.611. The predicted molar refractivity (Wildman–Crippen MR) is 165 cm³/mol. The zero-order valence-corrected chi connectivity index (χ0v) is 24.9. The second-order valence-corrected chi connectivity index (χ2v) is 11.9. The number of nitrogens with zero attached hydrogens (tertiary/aromatic N) is 2. The summed E-state index contributed by atoms with van der Waals surface area (Å²) in [6, 6.07) is 15.3. The van der Waals surface area contributed by atoms with E-state index in [0.717, 1.165) is 35.4 Å². The van der Waals surface area contributed by atoms with Gasteiger partial charge in [-0.15, -0.1) is 11.3 Å². The highest BCUT2D eigenvalue weighted by atomic mass is 32.1. The normalized spacial score (nSPS) is 15.7. The van der Waals surface area contributed by atoms with Crippen molar-refractivity contribution in [3.05, 3.63) is 76.0 Å². The fraction of sp³-hybridized carbons (Fsp3) is 0.375. The first-order chi connectivity index (χ1) is 20.8. The topological polar surface area (TPSA) is 128 Å². The Morgan fingerprint density at radius 2 is 1.81 bits per heavy atom. The van der Waals surface area contributed by atoms with Crippen LogP contribution in [0.4, 0.5) is 11.4 Å². The quantitative estimate of drug-likeness (QED) is 0.297. The number of carboxylic acids is 1. The average Bonchev–Trinajstić information content (AvgIpc) is 3.76. The van der Waals surface area contributed by atoms with Gasteiger partial charge in [0.2, 0.25) is 11.8 Å². The van der Waals surface area contributed by atoms with Crippen LogP contribution in [0.25, 0.3) is 0 Å². The molecular weight excluding hydrogens is 568 g/mol. The Hall–Kier alpha value is -4.38. The molecule has 3 N–H and O–H groups in total. The lowest BCUT2D eigenvalue weighted by Gasteiger charge is -2.27. The summed E-state index contributed by atoms with van der Waals surface area (Å²) in [6.07, 6.45) is 2.60. The molecule has 1 aromatic heterocycles. The SMILES string of the molecule is COc1ccc(CC(=O)Nc2cc(C(=O)NC(CC(=O)O)c3cccs3)ccc2N2CCCN(C(=O)C3CC3)CC2)cc1. The van der Waals surface area contributed by atoms with Crippen LogP contribution >= 0.6 is 11.3 Å². The molecular formula is C32H36N4O6S. The molecule has 1 aliphatic heterocycles. The minimum atomic E-state index is -1.02. The molecule has 0 spiro atoms. The number of thiophene rings is 1. The number of carboxylic acid groups (broad SMARTS) is 1. The van der Waals surface area contributed by atoms with E-state index in [4.69, 9.17) is 4.74 Å². The van der Waals surface area contributed by atoms with Crippen molar-refractivity contribution in [2.24, 2.45) is 5.92 Å². The number of amides is 3. The van der Waals surface area contributed by atoms with E-state index >= 15 is 0 Å². The summed E-state index contributed by atoms with van der Waals surface area (Å²) < 4.78 is 5.21. The number of anilines is 2. The summed E-state index contributed by atoms with van der Waals surface area (Å²) in [6.45, 7) is 2.58. The van der Waals surface area contributed by atoms with Crippen molar-refractivity contribution in [3.63, 3.8) is 0 Å². The molecule has 1 atom stereocenters. The second-order valence-electron chi connectivity index (χ2n) is 10.9. The van der Waals surface area contributed by atoms with Gasteiger partial charge in [-0.25, -0.2) is 0 Å². The third kappa shape index (κ3) is 7.92. The standard InChI is InChI=1S/C32H36N4O6S/c1-42-24-10-5-21(6-11-24)18-29(37)33-25-19-23(31(40)34-26(20-30(38)39)28-4-2-17-43-28)9-12-27(25)35-13-3-14-36(16-15-35)32(41)22-7-8-22/h2,4-6,9-12,17,19,22,26H,3,7-8,13-16,18,20H2,1H3,(H,33,37)(H,34,40)(H,38,39). The van der Waals surface area contributed by atoms with E-state index in [1.165, 1.54) is 11.3 Å². The molecule has 11 heteroatoms. The monoisotopic (exact) mass is 604 g/mol. The van der Waals surface area contributed by atoms with Gasteiger partial charge in [0.15, 0.2) is 0 Å². The molecule has 1 unspecified atom stereocenters. The van der Waals surface area contributed by atoms with E-state index < -0.39 is 17.9 Å². The largest absolute Gasteiger partial charge is 0.497 e. The van der Waals surface area contributed by atoms with E-state index in [9.17, 15) is 24.3 Å². The van der Waals surface area contributed by atoms with Crippen LogP contribution in [0.2, 0.25) is 0 Å². The van der Waals surface area contributed by atoms with Gasteiger partial charge in [0, 0.05) is 42.5 Å². The highest BCUT2D eigenvalue weighted by molar-refractivity contribution is 7.10. The minimum Gasteiger partial charge on any atom is -0.497 e. The predicted octanol–water partition coefficient (Wildman–Crippen LogP) is 4.33. The van der Waals surface area contributed by atoms with Crippen LogP contribution in [-0.2, 0) is 20.8 Å². The molecule has 2 aromatic carbocycles. The molecule has 0 radical (unpaired) electrons. The van der Waals surface area contributed by atoms with Gasteiger partial charge < -0.3 is 30.3 Å². The van der Waals surface area contributed by atoms with Crippen LogP contribution in [0.1, 0.15) is 52.5 Å². The fourth-order valence-corrected chi connectivity index (χ4v) is 6.05. The molecule has 0 bridgehead atoms. The fourth-order valence-electron chi connectivity index (χ4n) is 5.27. The first-order valence-corrected chi connectivity index (χ1v) is 15.4. The molecule has 10 nitrogen and oxygen atoms in total. The number of hydrogen-bond donors (Lipinski definition) is 3. The highest BCUT2D eigenvalue weighted by Crippen LogP contribution is 2.33. The van der Waals surface area contributed by atoms with Crippen molar-refractivity contribution in [2.75, 3.05) is 43.5 Å². The van der Waals surface area contributed by atoms with Gasteiger partial charge in [0.25, 0.3) is 5.91 Å². The van der Waals surface area contributed by atoms with Crippen LogP contribution in [-0.4, -0.2) is 67.0 Å². The van der Waals surface area contributed by atoms with Crippen LogP contribution in [0.5, 0.6) is 5.75 Å². The number of methoxy groups -OCH3 is 1. The maximum absolute atomic E-state index is 13.4. The molecule has 5 rings (SSSR count). The third-order valence-corrected chi connectivity index (χ3v) is 8.69. The molecule has 2 heterocycles. The Balaban J connectivity index is 1.37. The van der Waals surface area contributed by atoms with E-state index in [-0.39, 0.29) is 30.6 Å². The number of nitrogens with one attached hydrogen (secondary N) is 2. The molecule has 43 heavy (non-hydrogen) atoms. The van der Waals surface area contributed by atoms with Crippen molar-refractivity contribution in [1.82, 2.24) is 10.2 Å². The summed E-state index contributed by atoms with van der Waals surface area (Å²) in [5, 5.41) is 17.1. The van der Waals surface area contributed by atoms with Crippen LogP contribution < -0.4 is 20.3 Å². The molecule has 1 saturated heterocycles. The number of rotatable bonds is 11. The molecule has 1 aliphatic carbocycles. The van der Waals surface area contributed by atoms with Gasteiger partial charge in [-0.1, -0.05) is 18.2 Å². The maximum atomic E-state index is 13.4. The number of hydrogen-bond acceptors (Lipinski definition) is 7. The second kappa shape index (κ2) is 13.7. The van der Waals surface area contributed by atoms with Crippen LogP contribution in [0, 0.1) is 5.92 Å². The Bertz CT molecular complexity index is 1450. The van der Waals surface area contributed by atoms with E-state index in [2.05, 4.69) is 15.5 Å². The van der Waals surface area contributed by atoms with Crippen LogP contribution in [0.15, 0.2) is 60.0 Å². The van der Waals surface area contributed by atoms with Crippen molar-refractivity contribution >= 4 is 46.4 Å².